The number of nitrogens with zero attached hydrogens (tertiary/aromatic N) is 5. The summed E-state index contributed by atoms with van der Waals surface area (Å²) in [6, 6.07) is 4.69. The molecular formula is C55H75ClN6O18S. The van der Waals surface area contributed by atoms with Crippen LogP contribution >= 0.6 is 23.4 Å². The van der Waals surface area contributed by atoms with Crippen LogP contribution in [0.4, 0.5) is 20.1 Å². The molecule has 26 heteroatoms. The summed E-state index contributed by atoms with van der Waals surface area (Å²) in [6.07, 6.45) is 4.36. The number of likely N-dealkylation sites (N-methyl/N-ethyl adjacent to an activating group) is 3. The van der Waals surface area contributed by atoms with Gasteiger partial charge in [0, 0.05) is 85.0 Å². The molecule has 2 saturated heterocycles. The Labute approximate surface area is 480 Å². The van der Waals surface area contributed by atoms with Crippen LogP contribution in [-0.4, -0.2) is 198 Å². The second kappa shape index (κ2) is 28.0. The zero-order valence-electron chi connectivity index (χ0n) is 47.3. The number of amides is 5. The van der Waals surface area contributed by atoms with E-state index in [1.807, 2.05) is 13.0 Å². The van der Waals surface area contributed by atoms with Crippen LogP contribution in [0.15, 0.2) is 60.2 Å². The number of carbonyl (C=O) groups excluding carboxylic acids is 7. The third-order valence-corrected chi connectivity index (χ3v) is 16.3. The first kappa shape index (κ1) is 63.7. The molecule has 0 radical (unpaired) electrons. The average Bonchev–Trinajstić information content (AvgIpc) is 4.03. The van der Waals surface area contributed by atoms with E-state index in [2.05, 4.69) is 5.32 Å². The van der Waals surface area contributed by atoms with Gasteiger partial charge in [-0.15, -0.1) is 4.73 Å². The van der Waals surface area contributed by atoms with E-state index in [0.717, 1.165) is 35.0 Å². The number of hydrogen-bond donors (Lipinski definition) is 4. The molecule has 1 aliphatic carbocycles. The molecule has 446 valence electrons. The lowest BCUT2D eigenvalue weighted by molar-refractivity contribution is -0.162. The van der Waals surface area contributed by atoms with E-state index >= 15 is 0 Å². The lowest BCUT2D eigenvalue weighted by Gasteiger charge is -2.42. The third kappa shape index (κ3) is 16.4. The van der Waals surface area contributed by atoms with Crippen molar-refractivity contribution in [2.45, 2.75) is 133 Å². The van der Waals surface area contributed by atoms with Crippen LogP contribution in [0.1, 0.15) is 78.2 Å². The molecule has 6 rings (SSSR count). The number of nitrogens with one attached hydrogen (secondary N) is 1. The largest absolute Gasteiger partial charge is 0.495 e. The smallest absolute Gasteiger partial charge is 0.410 e. The Kier molecular flexibility index (Phi) is 22.0. The molecule has 2 fully saturated rings. The number of benzene rings is 1. The Morgan fingerprint density at radius 2 is 1.72 bits per heavy atom. The molecule has 5 amide bonds. The van der Waals surface area contributed by atoms with Crippen LogP contribution in [0, 0.1) is 5.92 Å². The fourth-order valence-corrected chi connectivity index (χ4v) is 10.7. The van der Waals surface area contributed by atoms with Crippen molar-refractivity contribution >= 4 is 70.2 Å². The molecule has 1 aromatic carbocycles. The molecule has 4 aliphatic rings. The van der Waals surface area contributed by atoms with Gasteiger partial charge < -0.3 is 72.9 Å². The van der Waals surface area contributed by atoms with E-state index in [4.69, 9.17) is 49.6 Å². The molecule has 4 bridgehead atoms. The highest BCUT2D eigenvalue weighted by molar-refractivity contribution is 8.13. The molecular weight excluding hydrogens is 1100 g/mol. The molecule has 4 heterocycles. The van der Waals surface area contributed by atoms with Crippen molar-refractivity contribution in [1.82, 2.24) is 24.7 Å². The van der Waals surface area contributed by atoms with E-state index in [9.17, 15) is 48.9 Å². The second-order valence-corrected chi connectivity index (χ2v) is 22.3. The molecule has 0 saturated carbocycles. The van der Waals surface area contributed by atoms with Crippen LogP contribution in [0.3, 0.4) is 0 Å². The lowest BCUT2D eigenvalue weighted by atomic mass is 9.83. The summed E-state index contributed by atoms with van der Waals surface area (Å²) in [5.74, 6) is -3.75. The van der Waals surface area contributed by atoms with Crippen LogP contribution in [0.5, 0.6) is 17.5 Å². The Bertz CT molecular complexity index is 2700. The van der Waals surface area contributed by atoms with Crippen LogP contribution in [0.25, 0.3) is 0 Å². The summed E-state index contributed by atoms with van der Waals surface area (Å²) < 4.78 is 41.4. The monoisotopic (exact) mass is 1170 g/mol. The number of aromatic nitrogens is 1. The Hall–Kier alpha value is -6.51. The maximum absolute atomic E-state index is 14.4. The van der Waals surface area contributed by atoms with Gasteiger partial charge in [0.25, 0.3) is 5.24 Å². The summed E-state index contributed by atoms with van der Waals surface area (Å²) in [5.41, 5.74) is -1.23. The van der Waals surface area contributed by atoms with Gasteiger partial charge in [-0.1, -0.05) is 60.2 Å². The third-order valence-electron chi connectivity index (χ3n) is 14.9. The Balaban J connectivity index is 1.01. The number of aromatic hydroxyl groups is 2. The number of thioether (sulfide) groups is 1. The van der Waals surface area contributed by atoms with E-state index < -0.39 is 115 Å². The minimum atomic E-state index is -1.89. The minimum absolute atomic E-state index is 0.0655. The summed E-state index contributed by atoms with van der Waals surface area (Å²) >= 11 is 7.71. The van der Waals surface area contributed by atoms with Gasteiger partial charge in [-0.3, -0.25) is 19.7 Å². The number of methoxy groups -OCH3 is 2. The number of esters is 1. The normalized spacial score (nSPS) is 26.2. The Morgan fingerprint density at radius 1 is 1.01 bits per heavy atom. The van der Waals surface area contributed by atoms with Gasteiger partial charge in [0.2, 0.25) is 23.6 Å². The minimum Gasteiger partial charge on any atom is -0.495 e. The molecule has 2 unspecified atom stereocenters. The van der Waals surface area contributed by atoms with Crippen molar-refractivity contribution in [3.63, 3.8) is 0 Å². The van der Waals surface area contributed by atoms with Gasteiger partial charge in [0.15, 0.2) is 5.72 Å². The van der Waals surface area contributed by atoms with Gasteiger partial charge in [-0.25, -0.2) is 19.2 Å². The number of rotatable bonds is 16. The average molecular weight is 1180 g/mol. The number of alkyl carbamates (subject to hydrolysis) is 1. The first-order chi connectivity index (χ1) is 38.3. The maximum atomic E-state index is 14.4. The molecule has 24 nitrogen and oxygen atoms in total. The van der Waals surface area contributed by atoms with Crippen LogP contribution in [0.2, 0.25) is 5.02 Å². The number of hydrogen-bond acceptors (Lipinski definition) is 19. The van der Waals surface area contributed by atoms with Crippen molar-refractivity contribution in [2.24, 2.45) is 5.92 Å². The standard InChI is InChI=1S/C55H75ClN6O18S/c1-32-14-11-19-41(74-10)55(72)30-40(77-51(69)57-55)33(2)49-54(4,79-49)42(29-46(66)61(8)38-27-35(26-32)28-39(73-9)48(38)56)78-50(68)34(3)60(7)43(63)22-25-81-53(71)59(6)24-23-58(5)52(70)76-37-17-12-15-36(16-13-18-37)75-31-47(67)80-62-44(64)20-21-45(62)65/h11-12,14,17,19-21,27-28,33-34,36-37,40-42,49,64-65,72H,13,15-16,18,22-26,29-31H2,1-10H3,(H,57,69)/t33-,34+,36?,37?,40+,41-,42+,49+,54+,55+/m1/s1. The molecule has 3 aliphatic heterocycles. The Morgan fingerprint density at radius 3 is 2.41 bits per heavy atom. The molecule has 2 aromatic rings. The molecule has 10 atom stereocenters. The number of fused-ring (bicyclic) bond motifs is 5. The van der Waals surface area contributed by atoms with Crippen molar-refractivity contribution in [1.29, 1.82) is 0 Å². The number of anilines is 1. The van der Waals surface area contributed by atoms with Crippen molar-refractivity contribution in [3.05, 3.63) is 70.8 Å². The number of carbonyl (C=O) groups is 7. The molecule has 0 spiro atoms. The highest BCUT2D eigenvalue weighted by atomic mass is 35.5. The maximum Gasteiger partial charge on any atom is 0.410 e. The molecule has 1 aromatic heterocycles. The summed E-state index contributed by atoms with van der Waals surface area (Å²) in [6.45, 7) is 6.69. The first-order valence-electron chi connectivity index (χ1n) is 26.5. The predicted molar refractivity (Wildman–Crippen MR) is 296 cm³/mol. The summed E-state index contributed by atoms with van der Waals surface area (Å²) in [5, 5.41) is 33.5. The fourth-order valence-electron chi connectivity index (χ4n) is 9.63. The highest BCUT2D eigenvalue weighted by Crippen LogP contribution is 2.49. The van der Waals surface area contributed by atoms with Crippen molar-refractivity contribution in [2.75, 3.05) is 72.8 Å². The molecule has 81 heavy (non-hydrogen) atoms. The first-order valence-corrected chi connectivity index (χ1v) is 27.9. The van der Waals surface area contributed by atoms with Gasteiger partial charge in [0.1, 0.15) is 53.4 Å². The number of halogens is 1. The van der Waals surface area contributed by atoms with Gasteiger partial charge >= 0.3 is 24.1 Å². The van der Waals surface area contributed by atoms with Crippen LogP contribution < -0.4 is 19.8 Å². The quantitative estimate of drug-likeness (QED) is 0.0697. The van der Waals surface area contributed by atoms with Crippen molar-refractivity contribution in [3.8, 4) is 17.5 Å². The van der Waals surface area contributed by atoms with E-state index in [1.165, 1.54) is 54.8 Å². The topological polar surface area (TPSA) is 287 Å². The fraction of sp³-hybridized carbons (Fsp3) is 0.582. The summed E-state index contributed by atoms with van der Waals surface area (Å²) in [4.78, 5) is 104. The molecule has 4 N–H and O–H groups in total. The zero-order valence-corrected chi connectivity index (χ0v) is 48.9. The highest BCUT2D eigenvalue weighted by Gasteiger charge is 2.64. The number of ether oxygens (including phenoxy) is 7. The van der Waals surface area contributed by atoms with E-state index in [-0.39, 0.29) is 48.0 Å². The van der Waals surface area contributed by atoms with E-state index in [1.54, 1.807) is 64.4 Å². The van der Waals surface area contributed by atoms with E-state index in [0.29, 0.717) is 48.3 Å². The van der Waals surface area contributed by atoms with Gasteiger partial charge in [0.05, 0.1) is 31.4 Å². The predicted octanol–water partition coefficient (Wildman–Crippen LogP) is 5.51. The number of allylic oxidation sites excluding steroid dienone is 3. The number of epoxide rings is 1. The van der Waals surface area contributed by atoms with Crippen molar-refractivity contribution < 1.29 is 86.9 Å². The van der Waals surface area contributed by atoms with Gasteiger partial charge in [-0.05, 0) is 76.6 Å². The van der Waals surface area contributed by atoms with Gasteiger partial charge in [-0.2, -0.15) is 0 Å². The second-order valence-electron chi connectivity index (χ2n) is 20.9. The zero-order chi connectivity index (χ0) is 59.5. The lowest BCUT2D eigenvalue weighted by Crippen LogP contribution is -2.63. The van der Waals surface area contributed by atoms with Crippen LogP contribution in [-0.2, 0) is 54.0 Å². The SMILES string of the molecule is COc1cc2cc(c1Cl)N(C)C(=O)C[C@H](OC(=O)[C@H](C)N(C)C(=O)CCSC(=O)N(C)CCN(C)C(=O)OC1C=CCC(OCC(=O)On3c(O)ccc3O)CCC1)[C@]1(C)O[C@H]1[C@H](C)[C@@H]1C[C@@](O)(NC(=O)O1)[C@H](OC)C=CC=C(C)C2. The summed E-state index contributed by atoms with van der Waals surface area (Å²) in [7, 11) is 8.94. The number of aliphatic hydroxyl groups is 1.